The zero-order valence-electron chi connectivity index (χ0n) is 17.6. The molecule has 2 aliphatic heterocycles. The second-order valence-electron chi connectivity index (χ2n) is 9.52. The molecule has 0 saturated carbocycles. The summed E-state index contributed by atoms with van der Waals surface area (Å²) in [5.41, 5.74) is 16.6. The van der Waals surface area contributed by atoms with Crippen LogP contribution < -0.4 is 16.8 Å². The second-order valence-corrected chi connectivity index (χ2v) is 9.52. The van der Waals surface area contributed by atoms with Gasteiger partial charge in [-0.05, 0) is 80.9 Å². The van der Waals surface area contributed by atoms with Crippen molar-refractivity contribution in [3.05, 3.63) is 35.2 Å². The zero-order valence-corrected chi connectivity index (χ0v) is 17.6. The molecule has 5 nitrogen and oxygen atoms in total. The number of hydrogen-bond acceptors (Lipinski definition) is 5. The minimum absolute atomic E-state index is 0.0793. The minimum Gasteiger partial charge on any atom is -0.402 e. The van der Waals surface area contributed by atoms with Crippen molar-refractivity contribution in [3.8, 4) is 0 Å². The van der Waals surface area contributed by atoms with E-state index < -0.39 is 0 Å². The number of piperazine rings is 1. The Kier molecular flexibility index (Phi) is 6.44. The van der Waals surface area contributed by atoms with E-state index in [1.54, 1.807) is 5.57 Å². The van der Waals surface area contributed by atoms with Crippen molar-refractivity contribution in [1.82, 2.24) is 15.1 Å². The summed E-state index contributed by atoms with van der Waals surface area (Å²) in [5.74, 6) is 2.01. The van der Waals surface area contributed by atoms with E-state index in [1.807, 2.05) is 0 Å². The van der Waals surface area contributed by atoms with Gasteiger partial charge in [0.2, 0.25) is 0 Å². The van der Waals surface area contributed by atoms with E-state index in [1.165, 1.54) is 64.0 Å². The maximum Gasteiger partial charge on any atom is 0.0772 e. The van der Waals surface area contributed by atoms with Gasteiger partial charge in [0.05, 0.1) is 6.17 Å². The Morgan fingerprint density at radius 3 is 2.54 bits per heavy atom. The van der Waals surface area contributed by atoms with E-state index in [-0.39, 0.29) is 6.17 Å². The third-order valence-corrected chi connectivity index (χ3v) is 7.50. The van der Waals surface area contributed by atoms with Crippen molar-refractivity contribution < 1.29 is 0 Å². The van der Waals surface area contributed by atoms with E-state index >= 15 is 0 Å². The predicted octanol–water partition coefficient (Wildman–Crippen LogP) is 2.38. The van der Waals surface area contributed by atoms with Crippen LogP contribution in [0.2, 0.25) is 0 Å². The average molecular weight is 386 g/mol. The van der Waals surface area contributed by atoms with Gasteiger partial charge in [-0.25, -0.2) is 0 Å². The third-order valence-electron chi connectivity index (χ3n) is 7.50. The summed E-state index contributed by atoms with van der Waals surface area (Å²) in [7, 11) is 2.23. The Bertz CT molecular complexity index is 629. The molecule has 4 aliphatic rings. The van der Waals surface area contributed by atoms with Gasteiger partial charge in [0, 0.05) is 44.6 Å². The number of nitrogens with one attached hydrogen (secondary N) is 1. The monoisotopic (exact) mass is 385 g/mol. The summed E-state index contributed by atoms with van der Waals surface area (Å²) in [6, 6.07) is 0. The molecule has 4 atom stereocenters. The Labute approximate surface area is 170 Å². The van der Waals surface area contributed by atoms with Gasteiger partial charge in [-0.1, -0.05) is 12.2 Å². The topological polar surface area (TPSA) is 70.5 Å². The molecule has 4 rings (SSSR count). The molecule has 0 radical (unpaired) electrons. The fourth-order valence-corrected chi connectivity index (χ4v) is 5.45. The number of rotatable bonds is 4. The maximum absolute atomic E-state index is 6.44. The van der Waals surface area contributed by atoms with Crippen LogP contribution in [0.3, 0.4) is 0 Å². The molecule has 1 fully saturated rings. The predicted molar refractivity (Wildman–Crippen MR) is 116 cm³/mol. The lowest BCUT2D eigenvalue weighted by molar-refractivity contribution is 0.133. The van der Waals surface area contributed by atoms with Crippen LogP contribution in [0.1, 0.15) is 44.9 Å². The van der Waals surface area contributed by atoms with Crippen molar-refractivity contribution in [2.75, 3.05) is 39.8 Å². The number of likely N-dealkylation sites (N-methyl/N-ethyl adjacent to an activating group) is 1. The summed E-state index contributed by atoms with van der Waals surface area (Å²) in [6.07, 6.45) is 15.3. The first-order valence-electron chi connectivity index (χ1n) is 11.3. The fourth-order valence-electron chi connectivity index (χ4n) is 5.45. The van der Waals surface area contributed by atoms with Gasteiger partial charge in [-0.15, -0.1) is 0 Å². The van der Waals surface area contributed by atoms with Crippen molar-refractivity contribution in [3.63, 3.8) is 0 Å². The van der Waals surface area contributed by atoms with E-state index in [4.69, 9.17) is 11.5 Å². The fraction of sp³-hybridized carbons (Fsp3) is 0.739. The Hall–Kier alpha value is -1.30. The van der Waals surface area contributed by atoms with Crippen LogP contribution in [0.5, 0.6) is 0 Å². The SMILES string of the molecule is CN1CCN(C[C@@H]2CC=C(C3=CNC(N)C([C@H]4CC=C(N)CC4)C3)CC2)CC1. The highest BCUT2D eigenvalue weighted by Gasteiger charge is 2.32. The van der Waals surface area contributed by atoms with E-state index in [0.29, 0.717) is 11.8 Å². The molecule has 0 spiro atoms. The summed E-state index contributed by atoms with van der Waals surface area (Å²) < 4.78 is 0. The van der Waals surface area contributed by atoms with Crippen molar-refractivity contribution >= 4 is 0 Å². The lowest BCUT2D eigenvalue weighted by Crippen LogP contribution is -2.47. The first-order valence-corrected chi connectivity index (χ1v) is 11.3. The lowest BCUT2D eigenvalue weighted by Gasteiger charge is -2.38. The Balaban J connectivity index is 1.31. The van der Waals surface area contributed by atoms with Crippen LogP contribution in [0.4, 0.5) is 0 Å². The highest BCUT2D eigenvalue weighted by atomic mass is 15.2. The first-order chi connectivity index (χ1) is 13.6. The van der Waals surface area contributed by atoms with Crippen molar-refractivity contribution in [2.24, 2.45) is 29.2 Å². The van der Waals surface area contributed by atoms with Crippen LogP contribution in [-0.4, -0.2) is 55.7 Å². The minimum atomic E-state index is 0.0793. The second kappa shape index (κ2) is 9.02. The van der Waals surface area contributed by atoms with Gasteiger partial charge in [-0.3, -0.25) is 0 Å². The highest BCUT2D eigenvalue weighted by molar-refractivity contribution is 5.34. The van der Waals surface area contributed by atoms with Crippen molar-refractivity contribution in [2.45, 2.75) is 51.1 Å². The molecule has 0 aromatic heterocycles. The molecular weight excluding hydrogens is 346 g/mol. The van der Waals surface area contributed by atoms with Gasteiger partial charge in [0.15, 0.2) is 0 Å². The highest BCUT2D eigenvalue weighted by Crippen LogP contribution is 2.38. The molecule has 0 bridgehead atoms. The number of nitrogens with zero attached hydrogens (tertiary/aromatic N) is 2. The third kappa shape index (κ3) is 4.81. The van der Waals surface area contributed by atoms with Crippen molar-refractivity contribution in [1.29, 1.82) is 0 Å². The summed E-state index contributed by atoms with van der Waals surface area (Å²) in [6.45, 7) is 6.18. The standard InChI is InChI=1S/C23H39N5/c1-27-10-12-28(13-11-27)16-17-2-4-18(5-3-17)20-14-22(23(25)26-15-20)19-6-8-21(24)9-7-19/h4,8,15,17,19,22-23,26H,2-3,5-7,9-14,16,24-25H2,1H3/t17-,19+,22?,23?/m1/s1. The van der Waals surface area contributed by atoms with Crippen LogP contribution in [0.25, 0.3) is 0 Å². The van der Waals surface area contributed by atoms with Crippen LogP contribution in [0.15, 0.2) is 35.2 Å². The molecule has 156 valence electrons. The molecule has 5 heteroatoms. The Morgan fingerprint density at radius 1 is 1.04 bits per heavy atom. The average Bonchev–Trinajstić information content (AvgIpc) is 2.72. The number of nitrogens with two attached hydrogens (primary N) is 2. The number of allylic oxidation sites excluding steroid dienone is 5. The van der Waals surface area contributed by atoms with Crippen LogP contribution >= 0.6 is 0 Å². The molecule has 0 aromatic rings. The first kappa shape index (κ1) is 20.0. The van der Waals surface area contributed by atoms with Gasteiger partial charge in [0.1, 0.15) is 0 Å². The molecule has 1 saturated heterocycles. The quantitative estimate of drug-likeness (QED) is 0.693. The van der Waals surface area contributed by atoms with Gasteiger partial charge in [0.25, 0.3) is 0 Å². The summed E-state index contributed by atoms with van der Waals surface area (Å²) in [4.78, 5) is 5.11. The summed E-state index contributed by atoms with van der Waals surface area (Å²) >= 11 is 0. The molecule has 28 heavy (non-hydrogen) atoms. The molecule has 2 heterocycles. The molecule has 5 N–H and O–H groups in total. The van der Waals surface area contributed by atoms with Gasteiger partial charge >= 0.3 is 0 Å². The Morgan fingerprint density at radius 2 is 1.86 bits per heavy atom. The van der Waals surface area contributed by atoms with Gasteiger partial charge in [-0.2, -0.15) is 0 Å². The smallest absolute Gasteiger partial charge is 0.0772 e. The van der Waals surface area contributed by atoms with Crippen LogP contribution in [0, 0.1) is 17.8 Å². The maximum atomic E-state index is 6.44. The molecule has 2 unspecified atom stereocenters. The largest absolute Gasteiger partial charge is 0.402 e. The normalized spacial score (nSPS) is 35.6. The molecular formula is C23H39N5. The van der Waals surface area contributed by atoms with E-state index in [2.05, 4.69) is 40.5 Å². The molecule has 0 aromatic carbocycles. The van der Waals surface area contributed by atoms with E-state index in [0.717, 1.165) is 30.9 Å². The zero-order chi connectivity index (χ0) is 19.5. The van der Waals surface area contributed by atoms with Crippen LogP contribution in [-0.2, 0) is 0 Å². The van der Waals surface area contributed by atoms with E-state index in [9.17, 15) is 0 Å². The molecule has 0 amide bonds. The summed E-state index contributed by atoms with van der Waals surface area (Å²) in [5, 5.41) is 3.48. The lowest BCUT2D eigenvalue weighted by atomic mass is 9.74. The van der Waals surface area contributed by atoms with Gasteiger partial charge < -0.3 is 26.6 Å². The number of hydrogen-bond donors (Lipinski definition) is 3. The molecule has 2 aliphatic carbocycles.